The predicted octanol–water partition coefficient (Wildman–Crippen LogP) is 1.15. The second kappa shape index (κ2) is 5.43. The molecule has 0 aliphatic rings. The lowest BCUT2D eigenvalue weighted by molar-refractivity contribution is -0.125. The Morgan fingerprint density at radius 2 is 1.88 bits per heavy atom. The first-order chi connectivity index (χ1) is 7.88. The molecule has 1 heterocycles. The highest BCUT2D eigenvalue weighted by Crippen LogP contribution is 2.01. The van der Waals surface area contributed by atoms with Crippen LogP contribution in [0.3, 0.4) is 0 Å². The minimum absolute atomic E-state index is 0.279. The van der Waals surface area contributed by atoms with Crippen LogP contribution in [0.25, 0.3) is 0 Å². The largest absolute Gasteiger partial charge is 0.452 e. The molecule has 1 N–H and O–H groups in total. The summed E-state index contributed by atoms with van der Waals surface area (Å²) in [4.78, 5) is 26.7. The van der Waals surface area contributed by atoms with Gasteiger partial charge in [0.2, 0.25) is 0 Å². The van der Waals surface area contributed by atoms with Gasteiger partial charge in [0.15, 0.2) is 6.61 Å². The van der Waals surface area contributed by atoms with Crippen molar-refractivity contribution in [3.63, 3.8) is 0 Å². The van der Waals surface area contributed by atoms with Gasteiger partial charge in [0.1, 0.15) is 0 Å². The molecule has 0 aromatic carbocycles. The van der Waals surface area contributed by atoms with Crippen molar-refractivity contribution in [1.82, 2.24) is 10.3 Å². The average Bonchev–Trinajstić information content (AvgIpc) is 2.25. The van der Waals surface area contributed by atoms with Crippen LogP contribution in [0, 0.1) is 0 Å². The normalized spacial score (nSPS) is 10.8. The highest BCUT2D eigenvalue weighted by atomic mass is 16.5. The molecule has 5 nitrogen and oxygen atoms in total. The first-order valence-electron chi connectivity index (χ1n) is 5.27. The van der Waals surface area contributed by atoms with Crippen molar-refractivity contribution >= 4 is 11.9 Å². The Balaban J connectivity index is 2.42. The zero-order chi connectivity index (χ0) is 12.9. The summed E-state index contributed by atoms with van der Waals surface area (Å²) in [5.41, 5.74) is 0.0451. The zero-order valence-electron chi connectivity index (χ0n) is 10.2. The zero-order valence-corrected chi connectivity index (χ0v) is 10.2. The van der Waals surface area contributed by atoms with E-state index in [-0.39, 0.29) is 18.1 Å². The van der Waals surface area contributed by atoms with Gasteiger partial charge >= 0.3 is 5.97 Å². The van der Waals surface area contributed by atoms with Gasteiger partial charge in [0.05, 0.1) is 5.56 Å². The van der Waals surface area contributed by atoms with Crippen molar-refractivity contribution in [1.29, 1.82) is 0 Å². The van der Waals surface area contributed by atoms with Crippen molar-refractivity contribution in [2.45, 2.75) is 26.3 Å². The van der Waals surface area contributed by atoms with Gasteiger partial charge in [-0.3, -0.25) is 9.78 Å². The van der Waals surface area contributed by atoms with Crippen LogP contribution in [0.1, 0.15) is 31.1 Å². The number of rotatable bonds is 3. The fourth-order valence-corrected chi connectivity index (χ4v) is 1.16. The SMILES string of the molecule is CC(C)(C)NC(=O)COC(=O)c1ccncc1. The lowest BCUT2D eigenvalue weighted by atomic mass is 10.1. The van der Waals surface area contributed by atoms with E-state index in [1.807, 2.05) is 20.8 Å². The fourth-order valence-electron chi connectivity index (χ4n) is 1.16. The summed E-state index contributed by atoms with van der Waals surface area (Å²) in [5, 5.41) is 2.70. The Hall–Kier alpha value is -1.91. The van der Waals surface area contributed by atoms with E-state index in [2.05, 4.69) is 10.3 Å². The molecule has 1 rings (SSSR count). The number of hydrogen-bond donors (Lipinski definition) is 1. The summed E-state index contributed by atoms with van der Waals surface area (Å²) in [7, 11) is 0. The van der Waals surface area contributed by atoms with E-state index in [0.29, 0.717) is 5.56 Å². The fraction of sp³-hybridized carbons (Fsp3) is 0.417. The molecule has 0 aliphatic carbocycles. The number of esters is 1. The monoisotopic (exact) mass is 236 g/mol. The van der Waals surface area contributed by atoms with Gasteiger partial charge in [-0.25, -0.2) is 4.79 Å². The van der Waals surface area contributed by atoms with Crippen molar-refractivity contribution < 1.29 is 14.3 Å². The third-order valence-electron chi connectivity index (χ3n) is 1.76. The molecule has 0 saturated heterocycles. The van der Waals surface area contributed by atoms with Crippen LogP contribution in [-0.4, -0.2) is 29.0 Å². The summed E-state index contributed by atoms with van der Waals surface area (Å²) in [6, 6.07) is 3.06. The number of pyridine rings is 1. The molecule has 0 bridgehead atoms. The Kier molecular flexibility index (Phi) is 4.20. The molecular weight excluding hydrogens is 220 g/mol. The summed E-state index contributed by atoms with van der Waals surface area (Å²) in [5.74, 6) is -0.851. The Morgan fingerprint density at radius 1 is 1.29 bits per heavy atom. The maximum absolute atomic E-state index is 11.5. The van der Waals surface area contributed by atoms with Crippen LogP contribution in [0.4, 0.5) is 0 Å². The van der Waals surface area contributed by atoms with Gasteiger partial charge < -0.3 is 10.1 Å². The molecule has 5 heteroatoms. The summed E-state index contributed by atoms with van der Waals surface area (Å²) in [6.45, 7) is 5.29. The summed E-state index contributed by atoms with van der Waals surface area (Å²) < 4.78 is 4.86. The van der Waals surface area contributed by atoms with E-state index in [1.165, 1.54) is 24.5 Å². The van der Waals surface area contributed by atoms with Crippen molar-refractivity contribution in [3.8, 4) is 0 Å². The Morgan fingerprint density at radius 3 is 2.41 bits per heavy atom. The predicted molar refractivity (Wildman–Crippen MR) is 62.4 cm³/mol. The van der Waals surface area contributed by atoms with Crippen LogP contribution in [-0.2, 0) is 9.53 Å². The molecule has 0 fully saturated rings. The number of nitrogens with zero attached hydrogens (tertiary/aromatic N) is 1. The smallest absolute Gasteiger partial charge is 0.338 e. The number of amides is 1. The topological polar surface area (TPSA) is 68.3 Å². The van der Waals surface area contributed by atoms with Crippen molar-refractivity contribution in [2.75, 3.05) is 6.61 Å². The molecule has 1 amide bonds. The number of carbonyl (C=O) groups is 2. The number of aromatic nitrogens is 1. The van der Waals surface area contributed by atoms with Crippen LogP contribution in [0.5, 0.6) is 0 Å². The third-order valence-corrected chi connectivity index (χ3v) is 1.76. The minimum Gasteiger partial charge on any atom is -0.452 e. The number of ether oxygens (including phenoxy) is 1. The lowest BCUT2D eigenvalue weighted by Crippen LogP contribution is -2.42. The molecule has 92 valence electrons. The van der Waals surface area contributed by atoms with E-state index in [9.17, 15) is 9.59 Å². The second-order valence-electron chi connectivity index (χ2n) is 4.61. The van der Waals surface area contributed by atoms with Gasteiger partial charge in [-0.15, -0.1) is 0 Å². The molecule has 0 unspecified atom stereocenters. The van der Waals surface area contributed by atoms with Gasteiger partial charge in [-0.2, -0.15) is 0 Å². The highest BCUT2D eigenvalue weighted by molar-refractivity contribution is 5.91. The first-order valence-corrected chi connectivity index (χ1v) is 5.27. The number of hydrogen-bond acceptors (Lipinski definition) is 4. The van der Waals surface area contributed by atoms with E-state index >= 15 is 0 Å². The highest BCUT2D eigenvalue weighted by Gasteiger charge is 2.15. The molecule has 0 aliphatic heterocycles. The quantitative estimate of drug-likeness (QED) is 0.799. The van der Waals surface area contributed by atoms with Gasteiger partial charge in [-0.1, -0.05) is 0 Å². The summed E-state index contributed by atoms with van der Waals surface area (Å²) >= 11 is 0. The van der Waals surface area contributed by atoms with Crippen LogP contribution < -0.4 is 5.32 Å². The van der Waals surface area contributed by atoms with E-state index in [4.69, 9.17) is 4.74 Å². The Bertz CT molecular complexity index is 396. The Labute approximate surface area is 100 Å². The van der Waals surface area contributed by atoms with Gasteiger partial charge in [0.25, 0.3) is 5.91 Å². The number of nitrogens with one attached hydrogen (secondary N) is 1. The maximum atomic E-state index is 11.5. The average molecular weight is 236 g/mol. The molecule has 1 aromatic heterocycles. The first kappa shape index (κ1) is 13.2. The molecule has 0 saturated carbocycles. The van der Waals surface area contributed by atoms with Crippen LogP contribution >= 0.6 is 0 Å². The van der Waals surface area contributed by atoms with Gasteiger partial charge in [-0.05, 0) is 32.9 Å². The van der Waals surface area contributed by atoms with Gasteiger partial charge in [0, 0.05) is 17.9 Å². The molecular formula is C12H16N2O3. The molecule has 0 radical (unpaired) electrons. The standard InChI is InChI=1S/C12H16N2O3/c1-12(2,3)14-10(15)8-17-11(16)9-4-6-13-7-5-9/h4-7H,8H2,1-3H3,(H,14,15). The van der Waals surface area contributed by atoms with Crippen molar-refractivity contribution in [3.05, 3.63) is 30.1 Å². The molecule has 0 atom stereocenters. The summed E-state index contributed by atoms with van der Waals surface area (Å²) in [6.07, 6.45) is 2.98. The van der Waals surface area contributed by atoms with Crippen LogP contribution in [0.2, 0.25) is 0 Å². The van der Waals surface area contributed by atoms with E-state index in [1.54, 1.807) is 0 Å². The second-order valence-corrected chi connectivity index (χ2v) is 4.61. The third kappa shape index (κ3) is 5.10. The van der Waals surface area contributed by atoms with Crippen LogP contribution in [0.15, 0.2) is 24.5 Å². The maximum Gasteiger partial charge on any atom is 0.338 e. The lowest BCUT2D eigenvalue weighted by Gasteiger charge is -2.20. The molecule has 1 aromatic rings. The molecule has 17 heavy (non-hydrogen) atoms. The van der Waals surface area contributed by atoms with E-state index in [0.717, 1.165) is 0 Å². The molecule has 0 spiro atoms. The van der Waals surface area contributed by atoms with E-state index < -0.39 is 5.97 Å². The minimum atomic E-state index is -0.531. The van der Waals surface area contributed by atoms with Crippen molar-refractivity contribution in [2.24, 2.45) is 0 Å². The number of carbonyl (C=O) groups excluding carboxylic acids is 2.